The molecule has 0 spiro atoms. The number of carbonyl (C=O) groups is 1. The Kier molecular flexibility index (Phi) is 7.13. The molecule has 0 aromatic heterocycles. The monoisotopic (exact) mass is 263 g/mol. The summed E-state index contributed by atoms with van der Waals surface area (Å²) in [5, 5.41) is 11.7. The van der Waals surface area contributed by atoms with Crippen LogP contribution in [0.1, 0.15) is 11.1 Å². The smallest absolute Gasteiger partial charge is 0.321 e. The van der Waals surface area contributed by atoms with Crippen LogP contribution in [0.2, 0.25) is 0 Å². The van der Waals surface area contributed by atoms with E-state index < -0.39 is 12.0 Å². The summed E-state index contributed by atoms with van der Waals surface area (Å²) in [6, 6.07) is 7.05. The summed E-state index contributed by atoms with van der Waals surface area (Å²) < 4.78 is 0. The number of carboxylic acids is 1. The van der Waals surface area contributed by atoms with E-state index in [2.05, 4.69) is 5.32 Å². The van der Waals surface area contributed by atoms with Crippen LogP contribution in [0.3, 0.4) is 0 Å². The number of benzene rings is 1. The highest BCUT2D eigenvalue weighted by molar-refractivity contribution is 6.17. The van der Waals surface area contributed by atoms with E-state index in [1.165, 1.54) is 0 Å². The maximum Gasteiger partial charge on any atom is 0.321 e. The molecule has 0 amide bonds. The van der Waals surface area contributed by atoms with Crippen LogP contribution in [0, 0.1) is 0 Å². The molecule has 0 saturated carbocycles. The zero-order chi connectivity index (χ0) is 11.3. The van der Waals surface area contributed by atoms with Crippen molar-refractivity contribution < 1.29 is 9.90 Å². The van der Waals surface area contributed by atoms with E-state index >= 15 is 0 Å². The molecule has 0 aliphatic rings. The van der Waals surface area contributed by atoms with Crippen molar-refractivity contribution in [1.29, 1.82) is 0 Å². The number of carboxylic acid groups (broad SMARTS) is 1. The molecule has 16 heavy (non-hydrogen) atoms. The summed E-state index contributed by atoms with van der Waals surface area (Å²) in [6.07, 6.45) is 0.453. The molecule has 1 unspecified atom stereocenters. The number of nitrogens with one attached hydrogen (secondary N) is 1. The Hall–Kier alpha value is -0.770. The van der Waals surface area contributed by atoms with E-state index in [4.69, 9.17) is 16.7 Å². The Labute approximate surface area is 106 Å². The van der Waals surface area contributed by atoms with E-state index in [1.807, 2.05) is 24.3 Å². The maximum absolute atomic E-state index is 10.8. The molecular formula is C11H15Cl2NO2. The number of halogens is 2. The van der Waals surface area contributed by atoms with Gasteiger partial charge in [-0.15, -0.1) is 24.0 Å². The predicted octanol–water partition coefficient (Wildman–Crippen LogP) is 2.06. The molecule has 0 heterocycles. The van der Waals surface area contributed by atoms with Gasteiger partial charge >= 0.3 is 5.97 Å². The lowest BCUT2D eigenvalue weighted by molar-refractivity contribution is -0.139. The van der Waals surface area contributed by atoms with Gasteiger partial charge in [0.2, 0.25) is 0 Å². The van der Waals surface area contributed by atoms with Crippen LogP contribution < -0.4 is 5.32 Å². The highest BCUT2D eigenvalue weighted by atomic mass is 35.5. The number of likely N-dealkylation sites (N-methyl/N-ethyl adjacent to an activating group) is 1. The van der Waals surface area contributed by atoms with Gasteiger partial charge in [-0.3, -0.25) is 4.79 Å². The average Bonchev–Trinajstić information content (AvgIpc) is 2.25. The molecule has 5 heteroatoms. The third kappa shape index (κ3) is 4.00. The van der Waals surface area contributed by atoms with Crippen LogP contribution in [0.15, 0.2) is 24.3 Å². The van der Waals surface area contributed by atoms with Crippen LogP contribution in [0.5, 0.6) is 0 Å². The van der Waals surface area contributed by atoms with Crippen molar-refractivity contribution in [3.8, 4) is 0 Å². The van der Waals surface area contributed by atoms with E-state index in [1.54, 1.807) is 7.05 Å². The summed E-state index contributed by atoms with van der Waals surface area (Å²) in [4.78, 5) is 10.8. The first-order valence-corrected chi connectivity index (χ1v) is 5.25. The third-order valence-electron chi connectivity index (χ3n) is 2.33. The van der Waals surface area contributed by atoms with Crippen molar-refractivity contribution in [2.75, 3.05) is 7.05 Å². The normalized spacial score (nSPS) is 11.6. The fraction of sp³-hybridized carbons (Fsp3) is 0.364. The number of rotatable bonds is 5. The summed E-state index contributed by atoms with van der Waals surface area (Å²) in [6.45, 7) is 0. The van der Waals surface area contributed by atoms with Crippen LogP contribution in [-0.4, -0.2) is 24.2 Å². The minimum atomic E-state index is -0.845. The molecule has 1 rings (SSSR count). The maximum atomic E-state index is 10.8. The van der Waals surface area contributed by atoms with Gasteiger partial charge in [-0.25, -0.2) is 0 Å². The standard InChI is InChI=1S/C11H14ClNO2.ClH/c1-13-10(11(14)15)6-8-4-2-3-5-9(8)7-12;/h2-5,10,13H,6-7H2,1H3,(H,14,15);1H. The molecule has 1 aromatic rings. The second kappa shape index (κ2) is 7.49. The molecule has 0 saturated heterocycles. The number of alkyl halides is 1. The number of hydrogen-bond donors (Lipinski definition) is 2. The van der Waals surface area contributed by atoms with Gasteiger partial charge in [0.1, 0.15) is 6.04 Å². The van der Waals surface area contributed by atoms with Gasteiger partial charge in [-0.2, -0.15) is 0 Å². The van der Waals surface area contributed by atoms with Gasteiger partial charge in [0.15, 0.2) is 0 Å². The molecule has 0 aliphatic heterocycles. The van der Waals surface area contributed by atoms with Crippen molar-refractivity contribution in [2.45, 2.75) is 18.3 Å². The molecule has 0 aliphatic carbocycles. The van der Waals surface area contributed by atoms with Crippen LogP contribution >= 0.6 is 24.0 Å². The summed E-state index contributed by atoms with van der Waals surface area (Å²) in [5.41, 5.74) is 1.97. The van der Waals surface area contributed by atoms with Crippen molar-refractivity contribution in [3.63, 3.8) is 0 Å². The Morgan fingerprint density at radius 1 is 1.44 bits per heavy atom. The Morgan fingerprint density at radius 2 is 2.00 bits per heavy atom. The second-order valence-corrected chi connectivity index (χ2v) is 3.55. The topological polar surface area (TPSA) is 49.3 Å². The molecule has 3 nitrogen and oxygen atoms in total. The molecule has 0 bridgehead atoms. The molecule has 1 atom stereocenters. The summed E-state index contributed by atoms with van der Waals surface area (Å²) >= 11 is 5.77. The van der Waals surface area contributed by atoms with Crippen LogP contribution in [0.25, 0.3) is 0 Å². The Balaban J connectivity index is 0.00000225. The first-order chi connectivity index (χ1) is 7.19. The number of aliphatic carboxylic acids is 1. The zero-order valence-corrected chi connectivity index (χ0v) is 10.5. The van der Waals surface area contributed by atoms with E-state index in [9.17, 15) is 4.79 Å². The van der Waals surface area contributed by atoms with Crippen molar-refractivity contribution in [3.05, 3.63) is 35.4 Å². The van der Waals surface area contributed by atoms with Gasteiger partial charge < -0.3 is 10.4 Å². The second-order valence-electron chi connectivity index (χ2n) is 3.29. The lowest BCUT2D eigenvalue weighted by atomic mass is 10.0. The first-order valence-electron chi connectivity index (χ1n) is 4.72. The summed E-state index contributed by atoms with van der Waals surface area (Å²) in [7, 11) is 1.64. The fourth-order valence-electron chi connectivity index (χ4n) is 1.42. The van der Waals surface area contributed by atoms with Gasteiger partial charge in [0.25, 0.3) is 0 Å². The van der Waals surface area contributed by atoms with Gasteiger partial charge in [-0.1, -0.05) is 24.3 Å². The third-order valence-corrected chi connectivity index (χ3v) is 2.62. The Morgan fingerprint density at radius 3 is 2.44 bits per heavy atom. The van der Waals surface area contributed by atoms with Crippen molar-refractivity contribution >= 4 is 30.0 Å². The van der Waals surface area contributed by atoms with Gasteiger partial charge in [0, 0.05) is 5.88 Å². The molecule has 1 aromatic carbocycles. The zero-order valence-electron chi connectivity index (χ0n) is 8.94. The highest BCUT2D eigenvalue weighted by Gasteiger charge is 2.16. The predicted molar refractivity (Wildman–Crippen MR) is 67.4 cm³/mol. The average molecular weight is 264 g/mol. The lowest BCUT2D eigenvalue weighted by Gasteiger charge is -2.13. The molecule has 0 fully saturated rings. The molecule has 0 radical (unpaired) electrons. The minimum Gasteiger partial charge on any atom is -0.480 e. The van der Waals surface area contributed by atoms with Crippen LogP contribution in [-0.2, 0) is 17.1 Å². The highest BCUT2D eigenvalue weighted by Crippen LogP contribution is 2.13. The largest absolute Gasteiger partial charge is 0.480 e. The summed E-state index contributed by atoms with van der Waals surface area (Å²) in [5.74, 6) is -0.437. The number of hydrogen-bond acceptors (Lipinski definition) is 2. The SMILES string of the molecule is CNC(Cc1ccccc1CCl)C(=O)O.Cl. The minimum absolute atomic E-state index is 0. The molecule has 2 N–H and O–H groups in total. The molecular weight excluding hydrogens is 249 g/mol. The van der Waals surface area contributed by atoms with E-state index in [0.29, 0.717) is 12.3 Å². The van der Waals surface area contributed by atoms with E-state index in [-0.39, 0.29) is 12.4 Å². The Bertz CT molecular complexity index is 345. The molecule has 90 valence electrons. The van der Waals surface area contributed by atoms with E-state index in [0.717, 1.165) is 11.1 Å². The van der Waals surface area contributed by atoms with Crippen LogP contribution in [0.4, 0.5) is 0 Å². The van der Waals surface area contributed by atoms with Crippen molar-refractivity contribution in [1.82, 2.24) is 5.32 Å². The van der Waals surface area contributed by atoms with Gasteiger partial charge in [-0.05, 0) is 24.6 Å². The first kappa shape index (κ1) is 15.2. The van der Waals surface area contributed by atoms with Gasteiger partial charge in [0.05, 0.1) is 0 Å². The lowest BCUT2D eigenvalue weighted by Crippen LogP contribution is -2.36. The fourth-order valence-corrected chi connectivity index (χ4v) is 1.68. The van der Waals surface area contributed by atoms with Crippen molar-refractivity contribution in [2.24, 2.45) is 0 Å². The quantitative estimate of drug-likeness (QED) is 0.800.